The molecule has 5 nitrogen and oxygen atoms in total. The lowest BCUT2D eigenvalue weighted by Gasteiger charge is -2.36. The predicted molar refractivity (Wildman–Crippen MR) is 103 cm³/mol. The molecular formula is C20H26N2O3S. The fourth-order valence-corrected chi connectivity index (χ4v) is 4.63. The Labute approximate surface area is 158 Å². The third kappa shape index (κ3) is 4.07. The lowest BCUT2D eigenvalue weighted by molar-refractivity contribution is -0.144. The van der Waals surface area contributed by atoms with Crippen LogP contribution in [0.15, 0.2) is 29.6 Å². The predicted octanol–water partition coefficient (Wildman–Crippen LogP) is 4.28. The highest BCUT2D eigenvalue weighted by atomic mass is 32.1. The van der Waals surface area contributed by atoms with Gasteiger partial charge < -0.3 is 9.84 Å². The molecule has 3 rings (SSSR count). The molecule has 1 saturated heterocycles. The van der Waals surface area contributed by atoms with Crippen LogP contribution in [0.4, 0.5) is 0 Å². The van der Waals surface area contributed by atoms with E-state index in [1.54, 1.807) is 18.4 Å². The maximum atomic E-state index is 12.0. The lowest BCUT2D eigenvalue weighted by Crippen LogP contribution is -2.40. The van der Waals surface area contributed by atoms with Gasteiger partial charge in [0, 0.05) is 17.8 Å². The van der Waals surface area contributed by atoms with Crippen LogP contribution < -0.4 is 4.74 Å². The fourth-order valence-electron chi connectivity index (χ4n) is 3.52. The van der Waals surface area contributed by atoms with Crippen molar-refractivity contribution >= 4 is 17.3 Å². The molecule has 0 saturated carbocycles. The van der Waals surface area contributed by atoms with Crippen LogP contribution in [0, 0.1) is 0 Å². The summed E-state index contributed by atoms with van der Waals surface area (Å²) in [6, 6.07) is 6.72. The number of carboxylic acids is 1. The van der Waals surface area contributed by atoms with E-state index in [0.29, 0.717) is 17.6 Å². The first-order chi connectivity index (χ1) is 12.5. The van der Waals surface area contributed by atoms with Crippen molar-refractivity contribution in [3.05, 3.63) is 45.9 Å². The molecule has 0 aliphatic carbocycles. The van der Waals surface area contributed by atoms with Gasteiger partial charge in [-0.05, 0) is 43.0 Å². The van der Waals surface area contributed by atoms with Gasteiger partial charge in [-0.15, -0.1) is 11.3 Å². The standard InChI is InChI=1S/C20H26N2O3S/c1-13(2)17-12-26-19(21-17)15-7-5-9-22(11-15)18(20(23)24)14-6-4-8-16(10-14)25-3/h4,6,8,10,12-13,15,18H,5,7,9,11H2,1-3H3,(H,23,24). The van der Waals surface area contributed by atoms with Crippen molar-refractivity contribution in [2.45, 2.75) is 44.6 Å². The number of hydrogen-bond acceptors (Lipinski definition) is 5. The lowest BCUT2D eigenvalue weighted by atomic mass is 9.95. The number of hydrogen-bond donors (Lipinski definition) is 1. The number of aromatic nitrogens is 1. The summed E-state index contributed by atoms with van der Waals surface area (Å²) in [5, 5.41) is 13.1. The summed E-state index contributed by atoms with van der Waals surface area (Å²) in [5.41, 5.74) is 1.89. The second-order valence-corrected chi connectivity index (χ2v) is 8.01. The smallest absolute Gasteiger partial charge is 0.325 e. The number of carbonyl (C=O) groups is 1. The first kappa shape index (κ1) is 18.9. The van der Waals surface area contributed by atoms with E-state index in [0.717, 1.165) is 42.2 Å². The third-order valence-corrected chi connectivity index (χ3v) is 5.97. The van der Waals surface area contributed by atoms with E-state index in [1.807, 2.05) is 24.3 Å². The summed E-state index contributed by atoms with van der Waals surface area (Å²) in [7, 11) is 1.60. The van der Waals surface area contributed by atoms with Gasteiger partial charge in [0.15, 0.2) is 0 Å². The quantitative estimate of drug-likeness (QED) is 0.818. The molecule has 2 atom stereocenters. The van der Waals surface area contributed by atoms with Crippen molar-refractivity contribution in [3.63, 3.8) is 0 Å². The molecule has 0 radical (unpaired) electrons. The van der Waals surface area contributed by atoms with E-state index in [2.05, 4.69) is 24.1 Å². The number of thiazole rings is 1. The molecule has 2 heterocycles. The Morgan fingerprint density at radius 3 is 2.88 bits per heavy atom. The zero-order chi connectivity index (χ0) is 18.7. The van der Waals surface area contributed by atoms with Crippen molar-refractivity contribution in [1.82, 2.24) is 9.88 Å². The van der Waals surface area contributed by atoms with Crippen LogP contribution in [0.3, 0.4) is 0 Å². The normalized spacial score (nSPS) is 19.5. The summed E-state index contributed by atoms with van der Waals surface area (Å²) in [6.07, 6.45) is 2.04. The second-order valence-electron chi connectivity index (χ2n) is 7.12. The van der Waals surface area contributed by atoms with Crippen LogP contribution in [0.1, 0.15) is 60.8 Å². The van der Waals surface area contributed by atoms with Gasteiger partial charge in [-0.2, -0.15) is 0 Å². The van der Waals surface area contributed by atoms with E-state index in [-0.39, 0.29) is 0 Å². The van der Waals surface area contributed by atoms with Crippen molar-refractivity contribution < 1.29 is 14.6 Å². The highest BCUT2D eigenvalue weighted by Crippen LogP contribution is 2.35. The largest absolute Gasteiger partial charge is 0.497 e. The average molecular weight is 375 g/mol. The number of nitrogens with zero attached hydrogens (tertiary/aromatic N) is 2. The number of benzene rings is 1. The summed E-state index contributed by atoms with van der Waals surface area (Å²) in [6.45, 7) is 5.80. The second kappa shape index (κ2) is 8.18. The highest BCUT2D eigenvalue weighted by molar-refractivity contribution is 7.09. The number of methoxy groups -OCH3 is 1. The SMILES string of the molecule is COc1cccc(C(C(=O)O)N2CCCC(c3nc(C(C)C)cs3)C2)c1. The number of piperidine rings is 1. The van der Waals surface area contributed by atoms with Gasteiger partial charge in [-0.1, -0.05) is 26.0 Å². The van der Waals surface area contributed by atoms with Gasteiger partial charge >= 0.3 is 5.97 Å². The maximum absolute atomic E-state index is 12.0. The Morgan fingerprint density at radius 1 is 1.42 bits per heavy atom. The van der Waals surface area contributed by atoms with Gasteiger partial charge in [-0.25, -0.2) is 4.98 Å². The van der Waals surface area contributed by atoms with Crippen molar-refractivity contribution in [2.24, 2.45) is 0 Å². The van der Waals surface area contributed by atoms with E-state index in [1.165, 1.54) is 0 Å². The number of aliphatic carboxylic acids is 1. The Balaban J connectivity index is 1.82. The number of carboxylic acid groups (broad SMARTS) is 1. The molecule has 2 aromatic rings. The van der Waals surface area contributed by atoms with Gasteiger partial charge in [-0.3, -0.25) is 9.69 Å². The zero-order valence-corrected chi connectivity index (χ0v) is 16.3. The molecule has 140 valence electrons. The third-order valence-electron chi connectivity index (χ3n) is 4.94. The zero-order valence-electron chi connectivity index (χ0n) is 15.5. The molecule has 1 aromatic heterocycles. The van der Waals surface area contributed by atoms with Gasteiger partial charge in [0.2, 0.25) is 0 Å². The van der Waals surface area contributed by atoms with Crippen LogP contribution in [-0.2, 0) is 4.79 Å². The van der Waals surface area contributed by atoms with Gasteiger partial charge in [0.1, 0.15) is 11.8 Å². The van der Waals surface area contributed by atoms with Crippen LogP contribution in [0.2, 0.25) is 0 Å². The average Bonchev–Trinajstić information content (AvgIpc) is 3.12. The van der Waals surface area contributed by atoms with E-state index in [9.17, 15) is 9.90 Å². The minimum absolute atomic E-state index is 0.300. The highest BCUT2D eigenvalue weighted by Gasteiger charge is 2.33. The Bertz CT molecular complexity index is 759. The van der Waals surface area contributed by atoms with E-state index in [4.69, 9.17) is 9.72 Å². The molecule has 26 heavy (non-hydrogen) atoms. The molecule has 1 aromatic carbocycles. The van der Waals surface area contributed by atoms with E-state index >= 15 is 0 Å². The van der Waals surface area contributed by atoms with Crippen LogP contribution in [0.25, 0.3) is 0 Å². The Hall–Kier alpha value is -1.92. The van der Waals surface area contributed by atoms with Crippen molar-refractivity contribution in [2.75, 3.05) is 20.2 Å². The van der Waals surface area contributed by atoms with Crippen molar-refractivity contribution in [3.8, 4) is 5.75 Å². The molecule has 0 spiro atoms. The first-order valence-corrected chi connectivity index (χ1v) is 9.93. The number of likely N-dealkylation sites (tertiary alicyclic amines) is 1. The number of rotatable bonds is 6. The van der Waals surface area contributed by atoms with Gasteiger partial charge in [0.05, 0.1) is 17.8 Å². The van der Waals surface area contributed by atoms with Gasteiger partial charge in [0.25, 0.3) is 0 Å². The summed E-state index contributed by atoms with van der Waals surface area (Å²) in [4.78, 5) is 18.9. The molecule has 0 amide bonds. The molecule has 0 bridgehead atoms. The Kier molecular flexibility index (Phi) is 5.94. The van der Waals surface area contributed by atoms with Crippen LogP contribution in [-0.4, -0.2) is 41.2 Å². The van der Waals surface area contributed by atoms with Crippen molar-refractivity contribution in [1.29, 1.82) is 0 Å². The topological polar surface area (TPSA) is 62.7 Å². The first-order valence-electron chi connectivity index (χ1n) is 9.05. The minimum atomic E-state index is -0.819. The van der Waals surface area contributed by atoms with Crippen LogP contribution >= 0.6 is 11.3 Å². The summed E-state index contributed by atoms with van der Waals surface area (Å²) in [5.74, 6) is 0.585. The summed E-state index contributed by atoms with van der Waals surface area (Å²) < 4.78 is 5.27. The molecule has 1 aliphatic heterocycles. The minimum Gasteiger partial charge on any atom is -0.497 e. The molecule has 1 N–H and O–H groups in total. The molecule has 1 fully saturated rings. The monoisotopic (exact) mass is 374 g/mol. The molecular weight excluding hydrogens is 348 g/mol. The summed E-state index contributed by atoms with van der Waals surface area (Å²) >= 11 is 1.70. The maximum Gasteiger partial charge on any atom is 0.325 e. The number of ether oxygens (including phenoxy) is 1. The molecule has 6 heteroatoms. The fraction of sp³-hybridized carbons (Fsp3) is 0.500. The molecule has 2 unspecified atom stereocenters. The van der Waals surface area contributed by atoms with Crippen LogP contribution in [0.5, 0.6) is 5.75 Å². The van der Waals surface area contributed by atoms with E-state index < -0.39 is 12.0 Å². The Morgan fingerprint density at radius 2 is 2.23 bits per heavy atom. The molecule has 1 aliphatic rings.